The molecule has 122 valence electrons. The zero-order valence-electron chi connectivity index (χ0n) is 13.1. The van der Waals surface area contributed by atoms with Gasteiger partial charge in [0.05, 0.1) is 5.41 Å². The van der Waals surface area contributed by atoms with E-state index in [4.69, 9.17) is 8.92 Å². The summed E-state index contributed by atoms with van der Waals surface area (Å²) in [5.74, 6) is 0.0855. The molecule has 2 saturated carbocycles. The zero-order valence-corrected chi connectivity index (χ0v) is 13.9. The van der Waals surface area contributed by atoms with Crippen LogP contribution < -0.4 is 4.72 Å². The third-order valence-corrected chi connectivity index (χ3v) is 5.91. The number of rotatable bonds is 6. The first-order valence-corrected chi connectivity index (χ1v) is 8.94. The summed E-state index contributed by atoms with van der Waals surface area (Å²) in [6.07, 6.45) is 2.43. The van der Waals surface area contributed by atoms with Crippen LogP contribution in [0.1, 0.15) is 46.5 Å². The Kier molecular flexibility index (Phi) is 4.66. The molecule has 2 aliphatic rings. The van der Waals surface area contributed by atoms with Gasteiger partial charge in [-0.1, -0.05) is 6.92 Å². The lowest BCUT2D eigenvalue weighted by atomic mass is 9.89. The van der Waals surface area contributed by atoms with Crippen LogP contribution >= 0.6 is 0 Å². The molecular weight excluding hydrogens is 294 g/mol. The predicted molar refractivity (Wildman–Crippen MR) is 77.6 cm³/mol. The summed E-state index contributed by atoms with van der Waals surface area (Å²) in [4.78, 5) is 12.3. The number of nitrogens with one attached hydrogen (secondary N) is 1. The standard InChI is InChI=1S/C14H25NO5S/c1-5-14(2,3)13(16)19-11-9-6-7-10(8-9)12(11)20-21(17,18)15-4/h9-12,15H,5-8H2,1-4H3. The van der Waals surface area contributed by atoms with Gasteiger partial charge in [0.15, 0.2) is 0 Å². The number of hydrogen-bond acceptors (Lipinski definition) is 5. The summed E-state index contributed by atoms with van der Waals surface area (Å²) >= 11 is 0. The second-order valence-corrected chi connectivity index (χ2v) is 8.17. The molecule has 0 aromatic carbocycles. The highest BCUT2D eigenvalue weighted by Crippen LogP contribution is 2.48. The molecule has 6 nitrogen and oxygen atoms in total. The summed E-state index contributed by atoms with van der Waals surface area (Å²) in [6, 6.07) is 0. The fraction of sp³-hybridized carbons (Fsp3) is 0.929. The second-order valence-electron chi connectivity index (χ2n) is 6.66. The maximum atomic E-state index is 12.3. The molecule has 2 aliphatic carbocycles. The predicted octanol–water partition coefficient (Wildman–Crippen LogP) is 1.61. The van der Waals surface area contributed by atoms with Crippen LogP contribution in [0.4, 0.5) is 0 Å². The van der Waals surface area contributed by atoms with Crippen molar-refractivity contribution in [2.45, 2.75) is 58.7 Å². The van der Waals surface area contributed by atoms with Gasteiger partial charge < -0.3 is 4.74 Å². The van der Waals surface area contributed by atoms with Crippen molar-refractivity contribution >= 4 is 16.3 Å². The van der Waals surface area contributed by atoms with E-state index in [9.17, 15) is 13.2 Å². The topological polar surface area (TPSA) is 81.7 Å². The molecule has 7 heteroatoms. The van der Waals surface area contributed by atoms with Gasteiger partial charge in [-0.15, -0.1) is 0 Å². The van der Waals surface area contributed by atoms with Gasteiger partial charge in [0.2, 0.25) is 0 Å². The van der Waals surface area contributed by atoms with Gasteiger partial charge in [0.25, 0.3) is 0 Å². The number of esters is 1. The number of carbonyl (C=O) groups is 1. The average Bonchev–Trinajstić information content (AvgIpc) is 3.01. The monoisotopic (exact) mass is 319 g/mol. The van der Waals surface area contributed by atoms with Crippen LogP contribution in [0.15, 0.2) is 0 Å². The molecule has 4 atom stereocenters. The fourth-order valence-corrected chi connectivity index (χ4v) is 3.76. The van der Waals surface area contributed by atoms with Crippen molar-refractivity contribution in [1.82, 2.24) is 4.72 Å². The van der Waals surface area contributed by atoms with E-state index in [1.54, 1.807) is 0 Å². The summed E-state index contributed by atoms with van der Waals surface area (Å²) in [6.45, 7) is 5.60. The van der Waals surface area contributed by atoms with Gasteiger partial charge in [-0.25, -0.2) is 0 Å². The normalized spacial score (nSPS) is 32.4. The fourth-order valence-electron chi connectivity index (χ4n) is 3.10. The Morgan fingerprint density at radius 3 is 2.33 bits per heavy atom. The SMILES string of the molecule is CCC(C)(C)C(=O)OC1C2CCC(C2)C1OS(=O)(=O)NC. The maximum Gasteiger partial charge on any atom is 0.335 e. The smallest absolute Gasteiger partial charge is 0.335 e. The third kappa shape index (κ3) is 3.40. The Morgan fingerprint density at radius 1 is 1.24 bits per heavy atom. The van der Waals surface area contributed by atoms with E-state index in [1.165, 1.54) is 7.05 Å². The third-order valence-electron chi connectivity index (χ3n) is 4.93. The van der Waals surface area contributed by atoms with Crippen molar-refractivity contribution in [1.29, 1.82) is 0 Å². The van der Waals surface area contributed by atoms with E-state index >= 15 is 0 Å². The molecule has 0 spiro atoms. The molecule has 2 fully saturated rings. The molecule has 0 radical (unpaired) electrons. The average molecular weight is 319 g/mol. The summed E-state index contributed by atoms with van der Waals surface area (Å²) in [7, 11) is -2.47. The minimum absolute atomic E-state index is 0.153. The Hall–Kier alpha value is -0.660. The van der Waals surface area contributed by atoms with Crippen LogP contribution in [-0.4, -0.2) is 33.6 Å². The van der Waals surface area contributed by atoms with E-state index in [1.807, 2.05) is 20.8 Å². The Balaban J connectivity index is 2.11. The van der Waals surface area contributed by atoms with Crippen LogP contribution in [0.3, 0.4) is 0 Å². The summed E-state index contributed by atoms with van der Waals surface area (Å²) < 4.78 is 36.3. The summed E-state index contributed by atoms with van der Waals surface area (Å²) in [5.41, 5.74) is -0.561. The largest absolute Gasteiger partial charge is 0.459 e. The Labute approximate surface area is 126 Å². The Bertz CT molecular complexity index is 501. The van der Waals surface area contributed by atoms with E-state index in [2.05, 4.69) is 4.72 Å². The van der Waals surface area contributed by atoms with Gasteiger partial charge in [0.1, 0.15) is 12.2 Å². The zero-order chi connectivity index (χ0) is 15.8. The van der Waals surface area contributed by atoms with E-state index in [0.29, 0.717) is 6.42 Å². The van der Waals surface area contributed by atoms with Crippen LogP contribution in [-0.2, 0) is 24.0 Å². The van der Waals surface area contributed by atoms with Crippen LogP contribution in [0.5, 0.6) is 0 Å². The van der Waals surface area contributed by atoms with Crippen molar-refractivity contribution in [3.8, 4) is 0 Å². The highest BCUT2D eigenvalue weighted by atomic mass is 32.2. The van der Waals surface area contributed by atoms with Crippen molar-refractivity contribution in [2.75, 3.05) is 7.05 Å². The van der Waals surface area contributed by atoms with Gasteiger partial charge in [-0.05, 0) is 51.4 Å². The molecule has 0 saturated heterocycles. The quantitative estimate of drug-likeness (QED) is 0.752. The first-order chi connectivity index (χ1) is 9.70. The van der Waals surface area contributed by atoms with E-state index in [-0.39, 0.29) is 17.8 Å². The van der Waals surface area contributed by atoms with Crippen LogP contribution in [0.25, 0.3) is 0 Å². The van der Waals surface area contributed by atoms with Crippen molar-refractivity contribution in [3.05, 3.63) is 0 Å². The van der Waals surface area contributed by atoms with Crippen molar-refractivity contribution in [2.24, 2.45) is 17.3 Å². The van der Waals surface area contributed by atoms with E-state index in [0.717, 1.165) is 19.3 Å². The molecule has 0 aromatic heterocycles. The molecule has 0 aromatic rings. The molecule has 4 unspecified atom stereocenters. The van der Waals surface area contributed by atoms with Crippen LogP contribution in [0.2, 0.25) is 0 Å². The summed E-state index contributed by atoms with van der Waals surface area (Å²) in [5, 5.41) is 0. The highest BCUT2D eigenvalue weighted by molar-refractivity contribution is 7.84. The number of ether oxygens (including phenoxy) is 1. The number of fused-ring (bicyclic) bond motifs is 2. The van der Waals surface area contributed by atoms with E-state index < -0.39 is 27.9 Å². The molecule has 21 heavy (non-hydrogen) atoms. The van der Waals surface area contributed by atoms with Gasteiger partial charge >= 0.3 is 16.3 Å². The minimum Gasteiger partial charge on any atom is -0.459 e. The Morgan fingerprint density at radius 2 is 1.81 bits per heavy atom. The molecule has 2 bridgehead atoms. The number of carbonyl (C=O) groups excluding carboxylic acids is 1. The first kappa shape index (κ1) is 16.7. The molecular formula is C14H25NO5S. The molecule has 1 N–H and O–H groups in total. The van der Waals surface area contributed by atoms with Gasteiger partial charge in [-0.2, -0.15) is 13.1 Å². The molecule has 2 rings (SSSR count). The lowest BCUT2D eigenvalue weighted by Gasteiger charge is -2.32. The van der Waals surface area contributed by atoms with Crippen molar-refractivity contribution < 1.29 is 22.1 Å². The van der Waals surface area contributed by atoms with Crippen LogP contribution in [0, 0.1) is 17.3 Å². The van der Waals surface area contributed by atoms with Crippen molar-refractivity contribution in [3.63, 3.8) is 0 Å². The lowest BCUT2D eigenvalue weighted by Crippen LogP contribution is -2.43. The molecule has 0 heterocycles. The second kappa shape index (κ2) is 5.85. The van der Waals surface area contributed by atoms with Gasteiger partial charge in [-0.3, -0.25) is 8.98 Å². The minimum atomic E-state index is -3.78. The highest BCUT2D eigenvalue weighted by Gasteiger charge is 2.52. The molecule has 0 amide bonds. The number of hydrogen-bond donors (Lipinski definition) is 1. The lowest BCUT2D eigenvalue weighted by molar-refractivity contribution is -0.167. The molecule has 0 aliphatic heterocycles. The van der Waals surface area contributed by atoms with Gasteiger partial charge in [0, 0.05) is 7.05 Å². The first-order valence-electron chi connectivity index (χ1n) is 7.53. The maximum absolute atomic E-state index is 12.3.